The molecule has 2 atom stereocenters. The van der Waals surface area contributed by atoms with Crippen LogP contribution in [-0.4, -0.2) is 16.5 Å². The third kappa shape index (κ3) is 3.05. The van der Waals surface area contributed by atoms with E-state index in [1.54, 1.807) is 0 Å². The van der Waals surface area contributed by atoms with Gasteiger partial charge in [-0.3, -0.25) is 0 Å². The Labute approximate surface area is 121 Å². The van der Waals surface area contributed by atoms with Crippen molar-refractivity contribution in [2.45, 2.75) is 58.3 Å². The van der Waals surface area contributed by atoms with Crippen LogP contribution in [0.2, 0.25) is 0 Å². The number of nitrogens with two attached hydrogens (primary N) is 1. The molecule has 3 N–H and O–H groups in total. The Balaban J connectivity index is 1.66. The minimum absolute atomic E-state index is 0.549. The number of hydrogen-bond donors (Lipinski definition) is 2. The van der Waals surface area contributed by atoms with E-state index in [0.29, 0.717) is 11.7 Å². The van der Waals surface area contributed by atoms with E-state index in [4.69, 9.17) is 10.7 Å². The highest BCUT2D eigenvalue weighted by atomic mass is 15.1. The number of nitrogens with zero attached hydrogens (tertiary/aromatic N) is 2. The second kappa shape index (κ2) is 5.58. The standard InChI is InChI=1S/C16H26N4/c1-10-4-3-5-12(8-10)9-18-15-11(2)14(17)19-16(20-15)13-6-7-13/h10,12-13H,3-9H2,1-2H3,(H3,17,18,19,20). The molecule has 0 aromatic carbocycles. The molecule has 0 radical (unpaired) electrons. The topological polar surface area (TPSA) is 63.8 Å². The van der Waals surface area contributed by atoms with Crippen molar-refractivity contribution < 1.29 is 0 Å². The fourth-order valence-electron chi connectivity index (χ4n) is 3.23. The molecule has 2 unspecified atom stereocenters. The molecule has 4 nitrogen and oxygen atoms in total. The van der Waals surface area contributed by atoms with E-state index >= 15 is 0 Å². The monoisotopic (exact) mass is 274 g/mol. The first-order valence-electron chi connectivity index (χ1n) is 8.01. The lowest BCUT2D eigenvalue weighted by Crippen LogP contribution is -2.22. The SMILES string of the molecule is Cc1c(N)nc(C2CC2)nc1NCC1CCCC(C)C1. The van der Waals surface area contributed by atoms with Gasteiger partial charge < -0.3 is 11.1 Å². The largest absolute Gasteiger partial charge is 0.383 e. The lowest BCUT2D eigenvalue weighted by molar-refractivity contribution is 0.293. The van der Waals surface area contributed by atoms with Crippen LogP contribution in [0.25, 0.3) is 0 Å². The van der Waals surface area contributed by atoms with Crippen molar-refractivity contribution in [3.05, 3.63) is 11.4 Å². The van der Waals surface area contributed by atoms with Crippen LogP contribution in [0.4, 0.5) is 11.6 Å². The van der Waals surface area contributed by atoms with Crippen LogP contribution in [0.1, 0.15) is 62.8 Å². The Morgan fingerprint density at radius 1 is 1.20 bits per heavy atom. The first-order chi connectivity index (χ1) is 9.63. The summed E-state index contributed by atoms with van der Waals surface area (Å²) in [7, 11) is 0. The molecule has 3 rings (SSSR count). The molecule has 110 valence electrons. The summed E-state index contributed by atoms with van der Waals surface area (Å²) in [5.41, 5.74) is 7.03. The van der Waals surface area contributed by atoms with E-state index in [1.807, 2.05) is 6.92 Å². The summed E-state index contributed by atoms with van der Waals surface area (Å²) in [5, 5.41) is 3.54. The molecule has 1 aromatic heterocycles. The smallest absolute Gasteiger partial charge is 0.136 e. The molecule has 1 aromatic rings. The van der Waals surface area contributed by atoms with Crippen molar-refractivity contribution in [3.8, 4) is 0 Å². The quantitative estimate of drug-likeness (QED) is 0.882. The summed E-state index contributed by atoms with van der Waals surface area (Å²) in [6.45, 7) is 5.40. The van der Waals surface area contributed by atoms with Crippen molar-refractivity contribution in [1.82, 2.24) is 9.97 Å². The van der Waals surface area contributed by atoms with Gasteiger partial charge in [-0.2, -0.15) is 0 Å². The van der Waals surface area contributed by atoms with Gasteiger partial charge in [-0.15, -0.1) is 0 Å². The molecule has 4 heteroatoms. The van der Waals surface area contributed by atoms with Crippen LogP contribution in [0, 0.1) is 18.8 Å². The molecule has 0 aliphatic heterocycles. The zero-order chi connectivity index (χ0) is 14.1. The molecule has 2 aliphatic rings. The maximum absolute atomic E-state index is 6.03. The highest BCUT2D eigenvalue weighted by Gasteiger charge is 2.28. The van der Waals surface area contributed by atoms with Gasteiger partial charge in [-0.1, -0.05) is 19.8 Å². The molecule has 2 fully saturated rings. The van der Waals surface area contributed by atoms with Crippen molar-refractivity contribution in [3.63, 3.8) is 0 Å². The highest BCUT2D eigenvalue weighted by Crippen LogP contribution is 2.39. The van der Waals surface area contributed by atoms with Crippen LogP contribution in [0.5, 0.6) is 0 Å². The maximum Gasteiger partial charge on any atom is 0.136 e. The zero-order valence-electron chi connectivity index (χ0n) is 12.7. The minimum atomic E-state index is 0.549. The van der Waals surface area contributed by atoms with Crippen molar-refractivity contribution in [2.75, 3.05) is 17.6 Å². The number of hydrogen-bond acceptors (Lipinski definition) is 4. The average Bonchev–Trinajstić information content (AvgIpc) is 3.25. The van der Waals surface area contributed by atoms with Gasteiger partial charge in [-0.05, 0) is 44.4 Å². The fourth-order valence-corrected chi connectivity index (χ4v) is 3.23. The summed E-state index contributed by atoms with van der Waals surface area (Å²) in [4.78, 5) is 9.13. The van der Waals surface area contributed by atoms with E-state index in [9.17, 15) is 0 Å². The normalized spacial score (nSPS) is 26.5. The van der Waals surface area contributed by atoms with E-state index in [-0.39, 0.29) is 0 Å². The summed E-state index contributed by atoms with van der Waals surface area (Å²) in [5.74, 6) is 4.73. The lowest BCUT2D eigenvalue weighted by atomic mass is 9.82. The second-order valence-corrected chi connectivity index (χ2v) is 6.73. The van der Waals surface area contributed by atoms with Crippen LogP contribution in [-0.2, 0) is 0 Å². The number of aromatic nitrogens is 2. The summed E-state index contributed by atoms with van der Waals surface area (Å²) in [6, 6.07) is 0. The number of nitrogens with one attached hydrogen (secondary N) is 1. The van der Waals surface area contributed by atoms with Gasteiger partial charge in [0.05, 0.1) is 0 Å². The molecule has 20 heavy (non-hydrogen) atoms. The Morgan fingerprint density at radius 3 is 2.70 bits per heavy atom. The van der Waals surface area contributed by atoms with Crippen molar-refractivity contribution in [1.29, 1.82) is 0 Å². The van der Waals surface area contributed by atoms with Crippen LogP contribution in [0.3, 0.4) is 0 Å². The lowest BCUT2D eigenvalue weighted by Gasteiger charge is -2.27. The van der Waals surface area contributed by atoms with Crippen LogP contribution < -0.4 is 11.1 Å². The van der Waals surface area contributed by atoms with E-state index < -0.39 is 0 Å². The number of nitrogen functional groups attached to an aromatic ring is 1. The Morgan fingerprint density at radius 2 is 2.00 bits per heavy atom. The number of rotatable bonds is 4. The average molecular weight is 274 g/mol. The van der Waals surface area contributed by atoms with Gasteiger partial charge in [-0.25, -0.2) is 9.97 Å². The van der Waals surface area contributed by atoms with Gasteiger partial charge >= 0.3 is 0 Å². The fraction of sp³-hybridized carbons (Fsp3) is 0.750. The first kappa shape index (κ1) is 13.7. The predicted molar refractivity (Wildman–Crippen MR) is 82.8 cm³/mol. The molecule has 0 amide bonds. The van der Waals surface area contributed by atoms with Gasteiger partial charge in [0.25, 0.3) is 0 Å². The molecule has 0 bridgehead atoms. The molecule has 1 heterocycles. The van der Waals surface area contributed by atoms with Crippen molar-refractivity contribution >= 4 is 11.6 Å². The molecule has 2 saturated carbocycles. The molecular formula is C16H26N4. The van der Waals surface area contributed by atoms with E-state index in [0.717, 1.165) is 35.6 Å². The Bertz CT molecular complexity index is 482. The van der Waals surface area contributed by atoms with Gasteiger partial charge in [0.15, 0.2) is 0 Å². The zero-order valence-corrected chi connectivity index (χ0v) is 12.7. The van der Waals surface area contributed by atoms with Gasteiger partial charge in [0.1, 0.15) is 17.5 Å². The van der Waals surface area contributed by atoms with Crippen LogP contribution in [0.15, 0.2) is 0 Å². The number of anilines is 2. The molecular weight excluding hydrogens is 248 g/mol. The third-order valence-corrected chi connectivity index (χ3v) is 4.75. The van der Waals surface area contributed by atoms with E-state index in [2.05, 4.69) is 17.2 Å². The minimum Gasteiger partial charge on any atom is -0.383 e. The summed E-state index contributed by atoms with van der Waals surface area (Å²) >= 11 is 0. The molecule has 0 saturated heterocycles. The first-order valence-corrected chi connectivity index (χ1v) is 8.01. The second-order valence-electron chi connectivity index (χ2n) is 6.73. The maximum atomic E-state index is 6.03. The summed E-state index contributed by atoms with van der Waals surface area (Å²) < 4.78 is 0. The predicted octanol–water partition coefficient (Wildman–Crippen LogP) is 3.48. The van der Waals surface area contributed by atoms with Gasteiger partial charge in [0.2, 0.25) is 0 Å². The summed E-state index contributed by atoms with van der Waals surface area (Å²) in [6.07, 6.45) is 7.85. The van der Waals surface area contributed by atoms with Crippen LogP contribution >= 0.6 is 0 Å². The molecule has 0 spiro atoms. The van der Waals surface area contributed by atoms with E-state index in [1.165, 1.54) is 38.5 Å². The Hall–Kier alpha value is -1.32. The highest BCUT2D eigenvalue weighted by molar-refractivity contribution is 5.55. The Kier molecular flexibility index (Phi) is 3.81. The van der Waals surface area contributed by atoms with Gasteiger partial charge in [0, 0.05) is 18.0 Å². The molecule has 2 aliphatic carbocycles. The van der Waals surface area contributed by atoms with Crippen molar-refractivity contribution in [2.24, 2.45) is 11.8 Å². The third-order valence-electron chi connectivity index (χ3n) is 4.75.